The molecule has 2 fully saturated rings. The van der Waals surface area contributed by atoms with E-state index in [-0.39, 0.29) is 36.9 Å². The molecule has 0 bridgehead atoms. The summed E-state index contributed by atoms with van der Waals surface area (Å²) in [4.78, 5) is 30.7. The Morgan fingerprint density at radius 2 is 1.76 bits per heavy atom. The molecule has 4 rings (SSSR count). The number of aryl methyl sites for hydroxylation is 1. The number of amides is 2. The monoisotopic (exact) mass is 480 g/mol. The third-order valence-corrected chi connectivity index (χ3v) is 8.53. The van der Waals surface area contributed by atoms with Crippen molar-refractivity contribution < 1.29 is 14.7 Å². The SMILES string of the molecule is CCCNC(=O)[C@@]1(Sc2ccc(C)cc2)CC(=O)N(C2CCCCC2)[C@@H]1c1ccc(CO)cc1. The van der Waals surface area contributed by atoms with Gasteiger partial charge in [-0.2, -0.15) is 0 Å². The zero-order valence-corrected chi connectivity index (χ0v) is 21.1. The predicted molar refractivity (Wildman–Crippen MR) is 137 cm³/mol. The maximum absolute atomic E-state index is 13.9. The first kappa shape index (κ1) is 24.8. The van der Waals surface area contributed by atoms with E-state index in [1.165, 1.54) is 18.2 Å². The van der Waals surface area contributed by atoms with Crippen molar-refractivity contribution in [2.75, 3.05) is 6.54 Å². The summed E-state index contributed by atoms with van der Waals surface area (Å²) in [6.07, 6.45) is 6.43. The second kappa shape index (κ2) is 11.0. The van der Waals surface area contributed by atoms with E-state index in [2.05, 4.69) is 29.6 Å². The van der Waals surface area contributed by atoms with Crippen LogP contribution in [0.15, 0.2) is 53.4 Å². The fourth-order valence-corrected chi connectivity index (χ4v) is 6.75. The van der Waals surface area contributed by atoms with E-state index in [0.717, 1.165) is 53.7 Å². The molecule has 0 aromatic heterocycles. The van der Waals surface area contributed by atoms with Gasteiger partial charge in [0.1, 0.15) is 4.75 Å². The molecule has 1 saturated heterocycles. The topological polar surface area (TPSA) is 69.6 Å². The van der Waals surface area contributed by atoms with Gasteiger partial charge < -0.3 is 15.3 Å². The van der Waals surface area contributed by atoms with Gasteiger partial charge in [0.2, 0.25) is 11.8 Å². The lowest BCUT2D eigenvalue weighted by Crippen LogP contribution is -2.50. The molecule has 0 radical (unpaired) electrons. The molecule has 6 heteroatoms. The van der Waals surface area contributed by atoms with Crippen molar-refractivity contribution in [1.29, 1.82) is 0 Å². The summed E-state index contributed by atoms with van der Waals surface area (Å²) >= 11 is 1.53. The second-order valence-electron chi connectivity index (χ2n) is 9.63. The largest absolute Gasteiger partial charge is 0.392 e. The van der Waals surface area contributed by atoms with Crippen molar-refractivity contribution in [3.8, 4) is 0 Å². The Morgan fingerprint density at radius 3 is 2.38 bits per heavy atom. The van der Waals surface area contributed by atoms with Gasteiger partial charge in [-0.1, -0.05) is 68.1 Å². The van der Waals surface area contributed by atoms with E-state index < -0.39 is 4.75 Å². The summed E-state index contributed by atoms with van der Waals surface area (Å²) in [5, 5.41) is 12.7. The highest BCUT2D eigenvalue weighted by atomic mass is 32.2. The molecule has 2 aromatic rings. The lowest BCUT2D eigenvalue weighted by molar-refractivity contribution is -0.132. The van der Waals surface area contributed by atoms with Gasteiger partial charge in [-0.15, -0.1) is 11.8 Å². The van der Waals surface area contributed by atoms with Crippen LogP contribution in [0.4, 0.5) is 0 Å². The second-order valence-corrected chi connectivity index (χ2v) is 11.0. The van der Waals surface area contributed by atoms with Crippen molar-refractivity contribution in [2.24, 2.45) is 0 Å². The van der Waals surface area contributed by atoms with Crippen LogP contribution in [0.1, 0.15) is 74.6 Å². The number of hydrogen-bond acceptors (Lipinski definition) is 4. The minimum atomic E-state index is -0.959. The lowest BCUT2D eigenvalue weighted by Gasteiger charge is -2.41. The third kappa shape index (κ3) is 5.03. The molecular weight excluding hydrogens is 444 g/mol. The van der Waals surface area contributed by atoms with Gasteiger partial charge >= 0.3 is 0 Å². The number of nitrogens with zero attached hydrogens (tertiary/aromatic N) is 1. The minimum absolute atomic E-state index is 0.0313. The molecule has 1 heterocycles. The molecule has 0 unspecified atom stereocenters. The fourth-order valence-electron chi connectivity index (χ4n) is 5.34. The molecule has 34 heavy (non-hydrogen) atoms. The molecule has 182 valence electrons. The number of nitrogens with one attached hydrogen (secondary N) is 1. The standard InChI is InChI=1S/C28H36N2O3S/c1-3-17-29-27(33)28(34-24-15-9-20(2)10-16-24)18-25(32)30(23-7-5-4-6-8-23)26(28)22-13-11-21(19-31)12-14-22/h9-16,23,26,31H,3-8,17-19H2,1-2H3,(H,29,33)/t26-,28-/m1/s1. The molecule has 2 atom stereocenters. The Bertz CT molecular complexity index is 986. The number of hydrogen-bond donors (Lipinski definition) is 2. The van der Waals surface area contributed by atoms with Gasteiger partial charge in [0.05, 0.1) is 19.1 Å². The Balaban J connectivity index is 1.82. The van der Waals surface area contributed by atoms with Crippen LogP contribution in [-0.2, 0) is 16.2 Å². The van der Waals surface area contributed by atoms with Crippen molar-refractivity contribution in [3.05, 3.63) is 65.2 Å². The van der Waals surface area contributed by atoms with Crippen LogP contribution < -0.4 is 5.32 Å². The zero-order chi connectivity index (χ0) is 24.1. The Kier molecular flexibility index (Phi) is 7.99. The van der Waals surface area contributed by atoms with Crippen LogP contribution in [0.25, 0.3) is 0 Å². The molecule has 1 aliphatic heterocycles. The third-order valence-electron chi connectivity index (χ3n) is 7.11. The van der Waals surface area contributed by atoms with E-state index in [0.29, 0.717) is 6.54 Å². The van der Waals surface area contributed by atoms with E-state index in [1.807, 2.05) is 43.0 Å². The molecule has 2 amide bonds. The van der Waals surface area contributed by atoms with Gasteiger partial charge in [0.25, 0.3) is 0 Å². The number of thioether (sulfide) groups is 1. The number of aliphatic hydroxyl groups is 1. The maximum atomic E-state index is 13.9. The van der Waals surface area contributed by atoms with Crippen molar-refractivity contribution in [3.63, 3.8) is 0 Å². The molecule has 1 saturated carbocycles. The molecule has 0 spiro atoms. The smallest absolute Gasteiger partial charge is 0.239 e. The van der Waals surface area contributed by atoms with Crippen LogP contribution in [0.3, 0.4) is 0 Å². The summed E-state index contributed by atoms with van der Waals surface area (Å²) < 4.78 is -0.959. The molecule has 1 aliphatic carbocycles. The summed E-state index contributed by atoms with van der Waals surface area (Å²) in [5.41, 5.74) is 2.95. The van der Waals surface area contributed by atoms with Crippen LogP contribution in [0, 0.1) is 6.92 Å². The first-order valence-corrected chi connectivity index (χ1v) is 13.3. The van der Waals surface area contributed by atoms with Gasteiger partial charge in [0, 0.05) is 17.5 Å². The van der Waals surface area contributed by atoms with Gasteiger partial charge in [-0.25, -0.2) is 0 Å². The molecular formula is C28H36N2O3S. The van der Waals surface area contributed by atoms with Gasteiger partial charge in [0.15, 0.2) is 0 Å². The predicted octanol–water partition coefficient (Wildman–Crippen LogP) is 5.15. The number of aliphatic hydroxyl groups excluding tert-OH is 1. The highest BCUT2D eigenvalue weighted by molar-refractivity contribution is 8.01. The lowest BCUT2D eigenvalue weighted by atomic mass is 9.88. The molecule has 2 aliphatic rings. The summed E-state index contributed by atoms with van der Waals surface area (Å²) in [6, 6.07) is 15.8. The van der Waals surface area contributed by atoms with Crippen molar-refractivity contribution in [1.82, 2.24) is 10.2 Å². The highest BCUT2D eigenvalue weighted by Crippen LogP contribution is 2.54. The van der Waals surface area contributed by atoms with Crippen molar-refractivity contribution >= 4 is 23.6 Å². The first-order valence-electron chi connectivity index (χ1n) is 12.5. The first-order chi connectivity index (χ1) is 16.5. The van der Waals surface area contributed by atoms with Crippen LogP contribution in [0.5, 0.6) is 0 Å². The van der Waals surface area contributed by atoms with Gasteiger partial charge in [-0.05, 0) is 49.4 Å². The van der Waals surface area contributed by atoms with E-state index in [9.17, 15) is 14.7 Å². The van der Waals surface area contributed by atoms with Crippen LogP contribution in [-0.4, -0.2) is 39.2 Å². The van der Waals surface area contributed by atoms with Crippen LogP contribution >= 0.6 is 11.8 Å². The van der Waals surface area contributed by atoms with Crippen molar-refractivity contribution in [2.45, 2.75) is 87.1 Å². The number of carbonyl (C=O) groups excluding carboxylic acids is 2. The molecule has 2 N–H and O–H groups in total. The minimum Gasteiger partial charge on any atom is -0.392 e. The highest BCUT2D eigenvalue weighted by Gasteiger charge is 2.59. The number of benzene rings is 2. The summed E-state index contributed by atoms with van der Waals surface area (Å²) in [7, 11) is 0. The average molecular weight is 481 g/mol. The van der Waals surface area contributed by atoms with Gasteiger partial charge in [-0.3, -0.25) is 9.59 Å². The Morgan fingerprint density at radius 1 is 1.09 bits per heavy atom. The maximum Gasteiger partial charge on any atom is 0.239 e. The van der Waals surface area contributed by atoms with Crippen LogP contribution in [0.2, 0.25) is 0 Å². The summed E-state index contributed by atoms with van der Waals surface area (Å²) in [5.74, 6) is -0.00258. The quantitative estimate of drug-likeness (QED) is 0.548. The fraction of sp³-hybridized carbons (Fsp3) is 0.500. The molecule has 2 aromatic carbocycles. The zero-order valence-electron chi connectivity index (χ0n) is 20.3. The normalized spacial score (nSPS) is 23.3. The van der Waals surface area contributed by atoms with E-state index in [1.54, 1.807) is 0 Å². The Hall–Kier alpha value is -2.31. The number of likely N-dealkylation sites (tertiary alicyclic amines) is 1. The average Bonchev–Trinajstić information content (AvgIpc) is 3.17. The summed E-state index contributed by atoms with van der Waals surface area (Å²) in [6.45, 7) is 4.65. The van der Waals surface area contributed by atoms with E-state index >= 15 is 0 Å². The Labute approximate surface area is 207 Å². The molecule has 5 nitrogen and oxygen atoms in total. The number of carbonyl (C=O) groups is 2. The number of rotatable bonds is 8. The van der Waals surface area contributed by atoms with E-state index in [4.69, 9.17) is 0 Å².